The van der Waals surface area contributed by atoms with Crippen molar-refractivity contribution < 1.29 is 19.1 Å². The summed E-state index contributed by atoms with van der Waals surface area (Å²) in [6.07, 6.45) is 2.40. The largest absolute Gasteiger partial charge is 0.461 e. The smallest absolute Gasteiger partial charge is 0.320 e. The second-order valence-electron chi connectivity index (χ2n) is 5.84. The van der Waals surface area contributed by atoms with E-state index in [9.17, 15) is 9.59 Å². The average molecular weight is 287 g/mol. The van der Waals surface area contributed by atoms with E-state index in [4.69, 9.17) is 9.47 Å². The van der Waals surface area contributed by atoms with Crippen LogP contribution < -0.4 is 5.32 Å². The summed E-state index contributed by atoms with van der Waals surface area (Å²) in [5.41, 5.74) is -0.513. The molecule has 0 aromatic rings. The SMILES string of the molecule is CCCCNCC(=O)OC(CC)CC(=O)OC(C)(C)C. The number of hydrogen-bond donors (Lipinski definition) is 1. The Hall–Kier alpha value is -1.10. The van der Waals surface area contributed by atoms with Gasteiger partial charge in [0, 0.05) is 0 Å². The van der Waals surface area contributed by atoms with Crippen molar-refractivity contribution in [1.82, 2.24) is 5.32 Å². The van der Waals surface area contributed by atoms with E-state index in [1.807, 2.05) is 27.7 Å². The number of nitrogens with one attached hydrogen (secondary N) is 1. The van der Waals surface area contributed by atoms with Gasteiger partial charge in [-0.1, -0.05) is 20.3 Å². The Kier molecular flexibility index (Phi) is 9.21. The zero-order valence-electron chi connectivity index (χ0n) is 13.5. The van der Waals surface area contributed by atoms with Crippen molar-refractivity contribution >= 4 is 11.9 Å². The van der Waals surface area contributed by atoms with Gasteiger partial charge < -0.3 is 14.8 Å². The molecule has 20 heavy (non-hydrogen) atoms. The summed E-state index contributed by atoms with van der Waals surface area (Å²) in [5, 5.41) is 3.02. The maximum atomic E-state index is 11.7. The van der Waals surface area contributed by atoms with Gasteiger partial charge in [0.1, 0.15) is 11.7 Å². The van der Waals surface area contributed by atoms with E-state index in [0.29, 0.717) is 6.42 Å². The van der Waals surface area contributed by atoms with Gasteiger partial charge in [-0.3, -0.25) is 9.59 Å². The Morgan fingerprint density at radius 3 is 2.30 bits per heavy atom. The van der Waals surface area contributed by atoms with Gasteiger partial charge in [-0.05, 0) is 40.2 Å². The first-order valence-corrected chi connectivity index (χ1v) is 7.40. The third-order valence-electron chi connectivity index (χ3n) is 2.54. The van der Waals surface area contributed by atoms with Gasteiger partial charge in [0.2, 0.25) is 0 Å². The van der Waals surface area contributed by atoms with Crippen molar-refractivity contribution in [2.75, 3.05) is 13.1 Å². The molecule has 5 heteroatoms. The lowest BCUT2D eigenvalue weighted by molar-refractivity contribution is -0.161. The molecule has 0 aliphatic rings. The number of unbranched alkanes of at least 4 members (excludes halogenated alkanes) is 1. The number of esters is 2. The van der Waals surface area contributed by atoms with Crippen molar-refractivity contribution in [1.29, 1.82) is 0 Å². The van der Waals surface area contributed by atoms with Gasteiger partial charge in [-0.25, -0.2) is 0 Å². The van der Waals surface area contributed by atoms with Crippen LogP contribution >= 0.6 is 0 Å². The molecule has 0 aliphatic heterocycles. The van der Waals surface area contributed by atoms with Crippen molar-refractivity contribution in [2.24, 2.45) is 0 Å². The van der Waals surface area contributed by atoms with Crippen LogP contribution in [0.5, 0.6) is 0 Å². The normalized spacial score (nSPS) is 12.8. The van der Waals surface area contributed by atoms with E-state index in [2.05, 4.69) is 12.2 Å². The standard InChI is InChI=1S/C15H29NO4/c1-6-8-9-16-11-14(18)19-12(7-2)10-13(17)20-15(3,4)5/h12,16H,6-11H2,1-5H3. The molecule has 0 heterocycles. The number of rotatable bonds is 9. The van der Waals surface area contributed by atoms with Gasteiger partial charge >= 0.3 is 11.9 Å². The molecule has 0 radical (unpaired) electrons. The lowest BCUT2D eigenvalue weighted by atomic mass is 10.1. The zero-order valence-corrected chi connectivity index (χ0v) is 13.5. The topological polar surface area (TPSA) is 64.6 Å². The third kappa shape index (κ3) is 10.8. The summed E-state index contributed by atoms with van der Waals surface area (Å²) in [5.74, 6) is -0.660. The van der Waals surface area contributed by atoms with E-state index in [-0.39, 0.29) is 24.9 Å². The summed E-state index contributed by atoms with van der Waals surface area (Å²) >= 11 is 0. The van der Waals surface area contributed by atoms with Crippen LogP contribution in [0.15, 0.2) is 0 Å². The Balaban J connectivity index is 4.02. The fourth-order valence-corrected chi connectivity index (χ4v) is 1.56. The molecule has 1 N–H and O–H groups in total. The summed E-state index contributed by atoms with van der Waals surface area (Å²) < 4.78 is 10.5. The zero-order chi connectivity index (χ0) is 15.6. The molecule has 5 nitrogen and oxygen atoms in total. The molecule has 1 unspecified atom stereocenters. The molecule has 0 spiro atoms. The highest BCUT2D eigenvalue weighted by atomic mass is 16.6. The van der Waals surface area contributed by atoms with Gasteiger partial charge in [-0.2, -0.15) is 0 Å². The van der Waals surface area contributed by atoms with E-state index in [0.717, 1.165) is 19.4 Å². The molecule has 0 fully saturated rings. The minimum Gasteiger partial charge on any atom is -0.461 e. The highest BCUT2D eigenvalue weighted by molar-refractivity contribution is 5.74. The number of carbonyl (C=O) groups is 2. The first-order chi connectivity index (χ1) is 9.28. The lowest BCUT2D eigenvalue weighted by Gasteiger charge is -2.22. The predicted octanol–water partition coefficient (Wildman–Crippen LogP) is 2.43. The summed E-state index contributed by atoms with van der Waals surface area (Å²) in [6, 6.07) is 0. The summed E-state index contributed by atoms with van der Waals surface area (Å²) in [6.45, 7) is 10.4. The minimum atomic E-state index is -0.513. The van der Waals surface area contributed by atoms with Crippen molar-refractivity contribution in [3.63, 3.8) is 0 Å². The summed E-state index contributed by atoms with van der Waals surface area (Å²) in [4.78, 5) is 23.3. The molecule has 0 saturated heterocycles. The van der Waals surface area contributed by atoms with Gasteiger partial charge in [-0.15, -0.1) is 0 Å². The van der Waals surface area contributed by atoms with Crippen LogP contribution in [0.2, 0.25) is 0 Å². The van der Waals surface area contributed by atoms with Crippen molar-refractivity contribution in [3.05, 3.63) is 0 Å². The highest BCUT2D eigenvalue weighted by Gasteiger charge is 2.21. The molecule has 118 valence electrons. The predicted molar refractivity (Wildman–Crippen MR) is 78.4 cm³/mol. The van der Waals surface area contributed by atoms with Crippen LogP contribution in [-0.4, -0.2) is 36.7 Å². The summed E-state index contributed by atoms with van der Waals surface area (Å²) in [7, 11) is 0. The molecule has 0 aliphatic carbocycles. The maximum absolute atomic E-state index is 11.7. The van der Waals surface area contributed by atoms with Crippen LogP contribution in [0.3, 0.4) is 0 Å². The number of hydrogen-bond acceptors (Lipinski definition) is 5. The Bertz CT molecular complexity index is 297. The molecule has 1 atom stereocenters. The Morgan fingerprint density at radius 1 is 1.15 bits per heavy atom. The Morgan fingerprint density at radius 2 is 1.80 bits per heavy atom. The van der Waals surface area contributed by atoms with E-state index in [1.165, 1.54) is 0 Å². The molecule has 0 amide bonds. The highest BCUT2D eigenvalue weighted by Crippen LogP contribution is 2.12. The van der Waals surface area contributed by atoms with Crippen LogP contribution in [0, 0.1) is 0 Å². The average Bonchev–Trinajstić information content (AvgIpc) is 2.31. The van der Waals surface area contributed by atoms with Crippen LogP contribution in [0.1, 0.15) is 60.3 Å². The Labute approximate surface area is 122 Å². The molecule has 0 aromatic heterocycles. The minimum absolute atomic E-state index is 0.106. The van der Waals surface area contributed by atoms with E-state index >= 15 is 0 Å². The van der Waals surface area contributed by atoms with Crippen molar-refractivity contribution in [3.8, 4) is 0 Å². The molecular formula is C15H29NO4. The first kappa shape index (κ1) is 18.9. The fourth-order valence-electron chi connectivity index (χ4n) is 1.56. The van der Waals surface area contributed by atoms with Crippen LogP contribution in [-0.2, 0) is 19.1 Å². The van der Waals surface area contributed by atoms with E-state index in [1.54, 1.807) is 0 Å². The quantitative estimate of drug-likeness (QED) is 0.521. The van der Waals surface area contributed by atoms with E-state index < -0.39 is 11.7 Å². The maximum Gasteiger partial charge on any atom is 0.320 e. The van der Waals surface area contributed by atoms with Crippen molar-refractivity contribution in [2.45, 2.75) is 72.0 Å². The molecule has 0 saturated carbocycles. The third-order valence-corrected chi connectivity index (χ3v) is 2.54. The lowest BCUT2D eigenvalue weighted by Crippen LogP contribution is -2.31. The molecular weight excluding hydrogens is 258 g/mol. The fraction of sp³-hybridized carbons (Fsp3) is 0.867. The first-order valence-electron chi connectivity index (χ1n) is 7.40. The van der Waals surface area contributed by atoms with Gasteiger partial charge in [0.25, 0.3) is 0 Å². The van der Waals surface area contributed by atoms with Gasteiger partial charge in [0.15, 0.2) is 0 Å². The molecule has 0 aromatic carbocycles. The van der Waals surface area contributed by atoms with Crippen LogP contribution in [0.4, 0.5) is 0 Å². The molecule has 0 rings (SSSR count). The second-order valence-corrected chi connectivity index (χ2v) is 5.84. The van der Waals surface area contributed by atoms with Gasteiger partial charge in [0.05, 0.1) is 13.0 Å². The number of carbonyl (C=O) groups excluding carboxylic acids is 2. The second kappa shape index (κ2) is 9.75. The van der Waals surface area contributed by atoms with Crippen LogP contribution in [0.25, 0.3) is 0 Å². The molecule has 0 bridgehead atoms. The number of ether oxygens (including phenoxy) is 2. The monoisotopic (exact) mass is 287 g/mol.